The molecule has 12 heteroatoms. The van der Waals surface area contributed by atoms with Gasteiger partial charge in [0.1, 0.15) is 28.9 Å². The van der Waals surface area contributed by atoms with Crippen LogP contribution in [-0.2, 0) is 4.79 Å². The van der Waals surface area contributed by atoms with Crippen molar-refractivity contribution >= 4 is 40.6 Å². The van der Waals surface area contributed by atoms with E-state index in [1.54, 1.807) is 12.1 Å². The fourth-order valence-electron chi connectivity index (χ4n) is 2.78. The second-order valence-corrected chi connectivity index (χ2v) is 6.80. The van der Waals surface area contributed by atoms with Crippen molar-refractivity contribution in [2.24, 2.45) is 0 Å². The van der Waals surface area contributed by atoms with Gasteiger partial charge in [-0.25, -0.2) is 0 Å². The lowest BCUT2D eigenvalue weighted by molar-refractivity contribution is -0.385. The van der Waals surface area contributed by atoms with Crippen molar-refractivity contribution in [3.8, 4) is 23.1 Å². The highest BCUT2D eigenvalue weighted by Gasteiger charge is 2.18. The number of amides is 1. The van der Waals surface area contributed by atoms with Gasteiger partial charge in [-0.05, 0) is 24.3 Å². The van der Waals surface area contributed by atoms with Crippen molar-refractivity contribution in [2.75, 3.05) is 12.4 Å². The number of furan rings is 1. The Morgan fingerprint density at radius 2 is 1.79 bits per heavy atom. The van der Waals surface area contributed by atoms with Gasteiger partial charge in [-0.1, -0.05) is 11.6 Å². The van der Waals surface area contributed by atoms with Gasteiger partial charge in [0.2, 0.25) is 0 Å². The SMILES string of the molecule is COc1cc([N+](=O)[O-])ccc1-c1ccc(/C=C(\C#N)C(=O)Nc2cc([N+](=O)[O-])ccc2Cl)o1. The molecule has 2 aromatic carbocycles. The largest absolute Gasteiger partial charge is 0.496 e. The van der Waals surface area contributed by atoms with Crippen LogP contribution in [0.1, 0.15) is 5.76 Å². The molecule has 0 aliphatic rings. The third-order valence-corrected chi connectivity index (χ3v) is 4.68. The zero-order chi connectivity index (χ0) is 24.1. The first kappa shape index (κ1) is 23.0. The Balaban J connectivity index is 1.87. The molecule has 0 radical (unpaired) electrons. The van der Waals surface area contributed by atoms with Crippen LogP contribution in [0.15, 0.2) is 58.5 Å². The first-order valence-electron chi connectivity index (χ1n) is 9.03. The van der Waals surface area contributed by atoms with Crippen molar-refractivity contribution < 1.29 is 23.8 Å². The van der Waals surface area contributed by atoms with Crippen LogP contribution in [0.4, 0.5) is 17.1 Å². The molecule has 0 aliphatic heterocycles. The molecule has 1 aromatic heterocycles. The summed E-state index contributed by atoms with van der Waals surface area (Å²) in [7, 11) is 1.35. The van der Waals surface area contributed by atoms with Gasteiger partial charge < -0.3 is 14.5 Å². The van der Waals surface area contributed by atoms with Gasteiger partial charge in [0.25, 0.3) is 17.3 Å². The molecule has 0 fully saturated rings. The summed E-state index contributed by atoms with van der Waals surface area (Å²) in [6.07, 6.45) is 1.17. The number of methoxy groups -OCH3 is 1. The summed E-state index contributed by atoms with van der Waals surface area (Å²) in [5, 5.41) is 33.7. The lowest BCUT2D eigenvalue weighted by Crippen LogP contribution is -2.13. The molecule has 0 spiro atoms. The summed E-state index contributed by atoms with van der Waals surface area (Å²) >= 11 is 5.97. The quantitative estimate of drug-likeness (QED) is 0.220. The number of nitro benzene ring substituents is 2. The zero-order valence-corrected chi connectivity index (χ0v) is 17.5. The molecule has 0 aliphatic carbocycles. The minimum Gasteiger partial charge on any atom is -0.496 e. The highest BCUT2D eigenvalue weighted by atomic mass is 35.5. The summed E-state index contributed by atoms with van der Waals surface area (Å²) < 4.78 is 10.8. The average molecular weight is 469 g/mol. The molecule has 0 saturated heterocycles. The molecule has 33 heavy (non-hydrogen) atoms. The van der Waals surface area contributed by atoms with E-state index in [9.17, 15) is 30.3 Å². The Kier molecular flexibility index (Phi) is 6.71. The zero-order valence-electron chi connectivity index (χ0n) is 16.8. The van der Waals surface area contributed by atoms with Gasteiger partial charge in [0.05, 0.1) is 39.3 Å². The van der Waals surface area contributed by atoms with Crippen molar-refractivity contribution in [3.05, 3.63) is 85.1 Å². The Morgan fingerprint density at radius 3 is 2.42 bits per heavy atom. The summed E-state index contributed by atoms with van der Waals surface area (Å²) in [4.78, 5) is 33.2. The van der Waals surface area contributed by atoms with Crippen LogP contribution in [0.25, 0.3) is 17.4 Å². The third kappa shape index (κ3) is 5.15. The van der Waals surface area contributed by atoms with E-state index in [4.69, 9.17) is 20.8 Å². The van der Waals surface area contributed by atoms with Crippen LogP contribution in [0.3, 0.4) is 0 Å². The van der Waals surface area contributed by atoms with E-state index in [1.807, 2.05) is 0 Å². The molecule has 0 unspecified atom stereocenters. The minimum atomic E-state index is -0.856. The first-order valence-corrected chi connectivity index (χ1v) is 9.41. The summed E-state index contributed by atoms with van der Waals surface area (Å²) in [5.41, 5.74) is -0.411. The fourth-order valence-corrected chi connectivity index (χ4v) is 2.94. The van der Waals surface area contributed by atoms with Crippen molar-refractivity contribution in [2.45, 2.75) is 0 Å². The molecule has 0 saturated carbocycles. The summed E-state index contributed by atoms with van der Waals surface area (Å²) in [6, 6.07) is 12.2. The molecule has 1 amide bonds. The fraction of sp³-hybridized carbons (Fsp3) is 0.0476. The van der Waals surface area contributed by atoms with Crippen LogP contribution >= 0.6 is 11.6 Å². The normalized spacial score (nSPS) is 10.9. The number of benzene rings is 2. The van der Waals surface area contributed by atoms with Gasteiger partial charge in [-0.2, -0.15) is 5.26 Å². The first-order chi connectivity index (χ1) is 15.7. The molecule has 0 atom stereocenters. The topological polar surface area (TPSA) is 162 Å². The van der Waals surface area contributed by atoms with E-state index >= 15 is 0 Å². The van der Waals surface area contributed by atoms with E-state index in [0.29, 0.717) is 5.56 Å². The number of hydrogen-bond donors (Lipinski definition) is 1. The van der Waals surface area contributed by atoms with Gasteiger partial charge in [-0.15, -0.1) is 0 Å². The molecule has 11 nitrogen and oxygen atoms in total. The van der Waals surface area contributed by atoms with E-state index in [2.05, 4.69) is 5.32 Å². The number of nitro groups is 2. The minimum absolute atomic E-state index is 0.0345. The molecule has 166 valence electrons. The predicted octanol–water partition coefficient (Wildman–Crippen LogP) is 4.97. The molecular formula is C21H13ClN4O7. The molecule has 3 aromatic rings. The van der Waals surface area contributed by atoms with E-state index in [-0.39, 0.29) is 44.9 Å². The number of hydrogen-bond acceptors (Lipinski definition) is 8. The summed E-state index contributed by atoms with van der Waals surface area (Å²) in [5.74, 6) is -0.229. The van der Waals surface area contributed by atoms with Crippen LogP contribution in [0.5, 0.6) is 5.75 Å². The van der Waals surface area contributed by atoms with Crippen LogP contribution in [0.2, 0.25) is 5.02 Å². The monoisotopic (exact) mass is 468 g/mol. The number of carbonyl (C=O) groups excluding carboxylic acids is 1. The Hall–Kier alpha value is -4.69. The predicted molar refractivity (Wildman–Crippen MR) is 118 cm³/mol. The van der Waals surface area contributed by atoms with Gasteiger partial charge in [0, 0.05) is 24.3 Å². The Morgan fingerprint density at radius 1 is 1.12 bits per heavy atom. The number of nitriles is 1. The third-order valence-electron chi connectivity index (χ3n) is 4.35. The number of halogens is 1. The second kappa shape index (κ2) is 9.63. The van der Waals surface area contributed by atoms with E-state index < -0.39 is 15.8 Å². The number of ether oxygens (including phenoxy) is 1. The maximum atomic E-state index is 12.5. The van der Waals surface area contributed by atoms with Crippen molar-refractivity contribution in [1.29, 1.82) is 5.26 Å². The average Bonchev–Trinajstić information content (AvgIpc) is 3.26. The number of nitrogens with one attached hydrogen (secondary N) is 1. The lowest BCUT2D eigenvalue weighted by Gasteiger charge is -2.06. The molecule has 0 bridgehead atoms. The molecule has 3 rings (SSSR count). The maximum Gasteiger partial charge on any atom is 0.273 e. The van der Waals surface area contributed by atoms with Crippen molar-refractivity contribution in [3.63, 3.8) is 0 Å². The van der Waals surface area contributed by atoms with Gasteiger partial charge in [-0.3, -0.25) is 25.0 Å². The maximum absolute atomic E-state index is 12.5. The molecule has 1 heterocycles. The number of anilines is 1. The summed E-state index contributed by atoms with van der Waals surface area (Å²) in [6.45, 7) is 0. The number of rotatable bonds is 7. The number of non-ortho nitro benzene ring substituents is 2. The highest BCUT2D eigenvalue weighted by Crippen LogP contribution is 2.34. The Bertz CT molecular complexity index is 1340. The van der Waals surface area contributed by atoms with Gasteiger partial charge in [0.15, 0.2) is 0 Å². The van der Waals surface area contributed by atoms with E-state index in [0.717, 1.165) is 6.07 Å². The smallest absolute Gasteiger partial charge is 0.273 e. The standard InChI is InChI=1S/C21H13ClN4O7/c1-32-20-10-14(26(30)31)2-5-16(20)19-7-4-15(33-19)8-12(11-23)21(27)24-18-9-13(25(28)29)3-6-17(18)22/h2-10H,1H3,(H,24,27)/b12-8+. The van der Waals surface area contributed by atoms with Crippen molar-refractivity contribution in [1.82, 2.24) is 0 Å². The number of nitrogens with zero attached hydrogens (tertiary/aromatic N) is 3. The number of carbonyl (C=O) groups is 1. The van der Waals surface area contributed by atoms with Crippen LogP contribution in [-0.4, -0.2) is 22.9 Å². The van der Waals surface area contributed by atoms with Crippen LogP contribution < -0.4 is 10.1 Å². The van der Waals surface area contributed by atoms with Gasteiger partial charge >= 0.3 is 0 Å². The van der Waals surface area contributed by atoms with E-state index in [1.165, 1.54) is 49.6 Å². The molecule has 1 N–H and O–H groups in total. The lowest BCUT2D eigenvalue weighted by atomic mass is 10.1. The second-order valence-electron chi connectivity index (χ2n) is 6.39. The van der Waals surface area contributed by atoms with Crippen LogP contribution in [0, 0.1) is 31.6 Å². The molecular weight excluding hydrogens is 456 g/mol. The Labute approximate surface area is 190 Å². The highest BCUT2D eigenvalue weighted by molar-refractivity contribution is 6.34.